The maximum atomic E-state index is 13.8. The average molecular weight is 547 g/mol. The monoisotopic (exact) mass is 546 g/mol. The van der Waals surface area contributed by atoms with E-state index in [1.807, 2.05) is 6.92 Å². The van der Waals surface area contributed by atoms with Crippen LogP contribution >= 0.6 is 0 Å². The number of aryl methyl sites for hydroxylation is 1. The molecule has 1 aliphatic heterocycles. The van der Waals surface area contributed by atoms with Crippen molar-refractivity contribution in [3.05, 3.63) is 53.7 Å². The van der Waals surface area contributed by atoms with Crippen LogP contribution in [0.15, 0.2) is 47.4 Å². The molecule has 0 aliphatic carbocycles. The highest BCUT2D eigenvalue weighted by atomic mass is 32.2. The van der Waals surface area contributed by atoms with Crippen molar-refractivity contribution < 1.29 is 22.0 Å². The van der Waals surface area contributed by atoms with Gasteiger partial charge in [-0.05, 0) is 55.4 Å². The van der Waals surface area contributed by atoms with Gasteiger partial charge in [0.2, 0.25) is 5.91 Å². The van der Waals surface area contributed by atoms with Gasteiger partial charge in [-0.1, -0.05) is 38.5 Å². The number of rotatable bonds is 7. The summed E-state index contributed by atoms with van der Waals surface area (Å²) in [4.78, 5) is 17.2. The standard InChI is InChI=1S/C26H35FN4O4SSi/c1-17-7-9-20(10-8-17)36(33,34)31-19(16-35-37(5,6)26(2,3)4)14-21-23(31)11-12-24(29-21)30-25(32)22-13-18(27)15-28-22/h7-12,14,18,22,28H,13,15-16H2,1-6H3,(H,29,30,32)/t18-,22-/m1/s1. The third-order valence-corrected chi connectivity index (χ3v) is 13.5. The minimum absolute atomic E-state index is 0.0533. The van der Waals surface area contributed by atoms with Crippen molar-refractivity contribution in [3.8, 4) is 0 Å². The number of carbonyl (C=O) groups is 1. The minimum Gasteiger partial charge on any atom is -0.411 e. The highest BCUT2D eigenvalue weighted by molar-refractivity contribution is 7.90. The fourth-order valence-electron chi connectivity index (χ4n) is 3.96. The van der Waals surface area contributed by atoms with E-state index in [0.29, 0.717) is 16.7 Å². The van der Waals surface area contributed by atoms with Crippen LogP contribution in [0.1, 0.15) is 38.4 Å². The van der Waals surface area contributed by atoms with Gasteiger partial charge in [-0.25, -0.2) is 21.8 Å². The molecule has 0 unspecified atom stereocenters. The number of nitrogens with one attached hydrogen (secondary N) is 2. The third kappa shape index (κ3) is 5.64. The van der Waals surface area contributed by atoms with Gasteiger partial charge in [0.05, 0.1) is 34.3 Å². The van der Waals surface area contributed by atoms with E-state index in [2.05, 4.69) is 49.5 Å². The zero-order chi connectivity index (χ0) is 27.2. The van der Waals surface area contributed by atoms with Crippen LogP contribution in [-0.2, 0) is 25.9 Å². The number of halogens is 1. The molecule has 1 saturated heterocycles. The first-order valence-electron chi connectivity index (χ1n) is 12.3. The third-order valence-electron chi connectivity index (χ3n) is 7.28. The Bertz CT molecular complexity index is 1410. The normalized spacial score (nSPS) is 18.9. The Labute approximate surface area is 218 Å². The molecule has 4 rings (SSSR count). The van der Waals surface area contributed by atoms with Crippen LogP contribution in [0, 0.1) is 6.92 Å². The van der Waals surface area contributed by atoms with E-state index < -0.39 is 30.6 Å². The Kier molecular flexibility index (Phi) is 7.37. The number of benzene rings is 1. The van der Waals surface area contributed by atoms with Crippen LogP contribution in [0.3, 0.4) is 0 Å². The van der Waals surface area contributed by atoms with E-state index in [-0.39, 0.29) is 41.2 Å². The largest absolute Gasteiger partial charge is 0.411 e. The van der Waals surface area contributed by atoms with Crippen molar-refractivity contribution in [2.24, 2.45) is 0 Å². The van der Waals surface area contributed by atoms with E-state index in [1.165, 1.54) is 3.97 Å². The maximum absolute atomic E-state index is 13.8. The fourth-order valence-corrected chi connectivity index (χ4v) is 6.42. The van der Waals surface area contributed by atoms with Gasteiger partial charge in [-0.3, -0.25) is 4.79 Å². The molecule has 0 radical (unpaired) electrons. The molecule has 3 heterocycles. The molecular weight excluding hydrogens is 511 g/mol. The topological polar surface area (TPSA) is 102 Å². The van der Waals surface area contributed by atoms with Gasteiger partial charge in [-0.2, -0.15) is 0 Å². The van der Waals surface area contributed by atoms with Gasteiger partial charge in [0.1, 0.15) is 12.0 Å². The summed E-state index contributed by atoms with van der Waals surface area (Å²) in [5.41, 5.74) is 2.20. The van der Waals surface area contributed by atoms with Gasteiger partial charge in [0, 0.05) is 13.0 Å². The number of hydrogen-bond donors (Lipinski definition) is 2. The number of pyridine rings is 1. The SMILES string of the molecule is Cc1ccc(S(=O)(=O)n2c(CO[Si](C)(C)C(C)(C)C)cc3nc(NC(=O)[C@H]4C[C@@H](F)CN4)ccc32)cc1. The molecule has 1 fully saturated rings. The van der Waals surface area contributed by atoms with Crippen LogP contribution in [0.2, 0.25) is 18.1 Å². The Morgan fingerprint density at radius 3 is 2.49 bits per heavy atom. The summed E-state index contributed by atoms with van der Waals surface area (Å²) < 4.78 is 48.8. The highest BCUT2D eigenvalue weighted by Gasteiger charge is 2.38. The van der Waals surface area contributed by atoms with Crippen LogP contribution in [0.4, 0.5) is 10.2 Å². The second-order valence-electron chi connectivity index (χ2n) is 11.2. The van der Waals surface area contributed by atoms with Crippen molar-refractivity contribution in [2.75, 3.05) is 11.9 Å². The van der Waals surface area contributed by atoms with Gasteiger partial charge in [0.15, 0.2) is 8.32 Å². The predicted molar refractivity (Wildman–Crippen MR) is 145 cm³/mol. The van der Waals surface area contributed by atoms with E-state index in [1.54, 1.807) is 42.5 Å². The van der Waals surface area contributed by atoms with Crippen molar-refractivity contribution in [1.29, 1.82) is 0 Å². The number of fused-ring (bicyclic) bond motifs is 1. The van der Waals surface area contributed by atoms with Crippen molar-refractivity contribution in [1.82, 2.24) is 14.3 Å². The number of anilines is 1. The smallest absolute Gasteiger partial charge is 0.268 e. The van der Waals surface area contributed by atoms with Gasteiger partial charge >= 0.3 is 0 Å². The molecule has 2 aromatic heterocycles. The summed E-state index contributed by atoms with van der Waals surface area (Å²) in [7, 11) is -6.14. The second-order valence-corrected chi connectivity index (χ2v) is 17.7. The molecule has 2 atom stereocenters. The molecule has 2 N–H and O–H groups in total. The Morgan fingerprint density at radius 1 is 1.22 bits per heavy atom. The zero-order valence-electron chi connectivity index (χ0n) is 22.1. The molecule has 1 aromatic carbocycles. The Balaban J connectivity index is 1.74. The zero-order valence-corrected chi connectivity index (χ0v) is 23.9. The lowest BCUT2D eigenvalue weighted by molar-refractivity contribution is -0.117. The molecule has 200 valence electrons. The van der Waals surface area contributed by atoms with Crippen molar-refractivity contribution in [2.45, 2.75) is 76.0 Å². The van der Waals surface area contributed by atoms with Gasteiger partial charge < -0.3 is 15.1 Å². The van der Waals surface area contributed by atoms with Gasteiger partial charge in [-0.15, -0.1) is 0 Å². The Morgan fingerprint density at radius 2 is 1.89 bits per heavy atom. The number of aromatic nitrogens is 2. The van der Waals surface area contributed by atoms with E-state index >= 15 is 0 Å². The molecule has 3 aromatic rings. The molecule has 37 heavy (non-hydrogen) atoms. The molecule has 8 nitrogen and oxygen atoms in total. The van der Waals surface area contributed by atoms with Crippen LogP contribution < -0.4 is 10.6 Å². The summed E-state index contributed by atoms with van der Waals surface area (Å²) >= 11 is 0. The van der Waals surface area contributed by atoms with E-state index in [0.717, 1.165) is 5.56 Å². The number of nitrogens with zero attached hydrogens (tertiary/aromatic N) is 2. The van der Waals surface area contributed by atoms with E-state index in [9.17, 15) is 17.6 Å². The van der Waals surface area contributed by atoms with E-state index in [4.69, 9.17) is 4.43 Å². The lowest BCUT2D eigenvalue weighted by Crippen LogP contribution is -2.40. The first-order chi connectivity index (χ1) is 17.2. The number of hydrogen-bond acceptors (Lipinski definition) is 6. The van der Waals surface area contributed by atoms with Crippen LogP contribution in [0.25, 0.3) is 11.0 Å². The first kappa shape index (κ1) is 27.4. The molecular formula is C26H35FN4O4SSi. The molecule has 11 heteroatoms. The summed E-state index contributed by atoms with van der Waals surface area (Å²) in [5, 5.41) is 5.51. The highest BCUT2D eigenvalue weighted by Crippen LogP contribution is 2.37. The predicted octanol–water partition coefficient (Wildman–Crippen LogP) is 4.74. The molecule has 0 bridgehead atoms. The number of carbonyl (C=O) groups excluding carboxylic acids is 1. The quantitative estimate of drug-likeness (QED) is 0.415. The average Bonchev–Trinajstić information content (AvgIpc) is 3.40. The van der Waals surface area contributed by atoms with Crippen LogP contribution in [-0.4, -0.2) is 50.4 Å². The van der Waals surface area contributed by atoms with Crippen LogP contribution in [0.5, 0.6) is 0 Å². The fraction of sp³-hybridized carbons (Fsp3) is 0.462. The summed E-state index contributed by atoms with van der Waals surface area (Å²) in [6.07, 6.45) is -0.954. The van der Waals surface area contributed by atoms with Gasteiger partial charge in [0.25, 0.3) is 10.0 Å². The van der Waals surface area contributed by atoms with Crippen molar-refractivity contribution >= 4 is 41.1 Å². The summed E-state index contributed by atoms with van der Waals surface area (Å²) in [5.74, 6) is -0.108. The maximum Gasteiger partial charge on any atom is 0.268 e. The summed E-state index contributed by atoms with van der Waals surface area (Å²) in [6, 6.07) is 10.9. The molecule has 1 amide bonds. The molecule has 1 aliphatic rings. The first-order valence-corrected chi connectivity index (χ1v) is 16.7. The minimum atomic E-state index is -3.95. The lowest BCUT2D eigenvalue weighted by atomic mass is 10.2. The summed E-state index contributed by atoms with van der Waals surface area (Å²) in [6.45, 7) is 12.7. The number of amides is 1. The second kappa shape index (κ2) is 9.94. The lowest BCUT2D eigenvalue weighted by Gasteiger charge is -2.36. The Hall–Kier alpha value is -2.60. The number of alkyl halides is 1. The molecule has 0 saturated carbocycles. The molecule has 0 spiro atoms. The van der Waals surface area contributed by atoms with Crippen molar-refractivity contribution in [3.63, 3.8) is 0 Å².